The Morgan fingerprint density at radius 1 is 1.06 bits per heavy atom. The van der Waals surface area contributed by atoms with Crippen LogP contribution >= 0.6 is 11.6 Å². The summed E-state index contributed by atoms with van der Waals surface area (Å²) in [6.45, 7) is 0. The zero-order valence-electron chi connectivity index (χ0n) is 9.81. The van der Waals surface area contributed by atoms with Gasteiger partial charge in [-0.1, -0.05) is 41.9 Å². The van der Waals surface area contributed by atoms with Crippen LogP contribution in [0.15, 0.2) is 54.6 Å². The second kappa shape index (κ2) is 6.09. The van der Waals surface area contributed by atoms with Gasteiger partial charge in [-0.25, -0.2) is 0 Å². The van der Waals surface area contributed by atoms with E-state index in [1.807, 2.05) is 54.6 Å². The number of para-hydroxylation sites is 1. The minimum absolute atomic E-state index is 0.0188. The fourth-order valence-electron chi connectivity index (χ4n) is 1.77. The highest BCUT2D eigenvalue weighted by Crippen LogP contribution is 2.23. The Kier molecular flexibility index (Phi) is 4.22. The molecule has 0 amide bonds. The predicted octanol–water partition coefficient (Wildman–Crippen LogP) is 4.41. The van der Waals surface area contributed by atoms with Crippen molar-refractivity contribution in [3.8, 4) is 6.07 Å². The van der Waals surface area contributed by atoms with Crippen molar-refractivity contribution >= 4 is 17.3 Å². The van der Waals surface area contributed by atoms with Crippen LogP contribution in [0, 0.1) is 11.3 Å². The van der Waals surface area contributed by atoms with Crippen LogP contribution in [0.5, 0.6) is 0 Å². The number of anilines is 1. The van der Waals surface area contributed by atoms with Gasteiger partial charge in [0.25, 0.3) is 0 Å². The van der Waals surface area contributed by atoms with Crippen molar-refractivity contribution in [2.45, 2.75) is 12.5 Å². The number of rotatable bonds is 4. The van der Waals surface area contributed by atoms with Crippen LogP contribution in [0.3, 0.4) is 0 Å². The number of nitriles is 1. The molecular weight excluding hydrogens is 244 g/mol. The lowest BCUT2D eigenvalue weighted by Gasteiger charge is -2.17. The molecule has 1 atom stereocenters. The van der Waals surface area contributed by atoms with E-state index < -0.39 is 0 Å². The predicted molar refractivity (Wildman–Crippen MR) is 74.5 cm³/mol. The van der Waals surface area contributed by atoms with Crippen LogP contribution in [0.1, 0.15) is 18.0 Å². The first kappa shape index (κ1) is 12.5. The van der Waals surface area contributed by atoms with Crippen LogP contribution < -0.4 is 5.32 Å². The van der Waals surface area contributed by atoms with Crippen molar-refractivity contribution in [3.63, 3.8) is 0 Å². The number of hydrogen-bond acceptors (Lipinski definition) is 2. The molecule has 18 heavy (non-hydrogen) atoms. The summed E-state index contributed by atoms with van der Waals surface area (Å²) in [7, 11) is 0. The lowest BCUT2D eigenvalue weighted by atomic mass is 10.0. The van der Waals surface area contributed by atoms with E-state index in [1.54, 1.807) is 0 Å². The number of benzene rings is 2. The van der Waals surface area contributed by atoms with Crippen LogP contribution in [-0.2, 0) is 0 Å². The zero-order valence-corrected chi connectivity index (χ0v) is 10.6. The standard InChI is InChI=1S/C15H13ClN2/c16-13-8-6-12(7-9-13)15(10-11-17)18-14-4-2-1-3-5-14/h1-9,15,18H,10H2. The van der Waals surface area contributed by atoms with E-state index in [9.17, 15) is 0 Å². The molecule has 90 valence electrons. The van der Waals surface area contributed by atoms with E-state index >= 15 is 0 Å². The number of nitrogens with one attached hydrogen (secondary N) is 1. The molecule has 0 aromatic heterocycles. The highest BCUT2D eigenvalue weighted by molar-refractivity contribution is 6.30. The summed E-state index contributed by atoms with van der Waals surface area (Å²) in [6, 6.07) is 19.6. The molecule has 2 aromatic carbocycles. The molecule has 2 aromatic rings. The first-order chi connectivity index (χ1) is 8.79. The van der Waals surface area contributed by atoms with Crippen LogP contribution in [0.2, 0.25) is 5.02 Å². The summed E-state index contributed by atoms with van der Waals surface area (Å²) < 4.78 is 0. The van der Waals surface area contributed by atoms with Gasteiger partial charge < -0.3 is 5.32 Å². The van der Waals surface area contributed by atoms with E-state index in [2.05, 4.69) is 11.4 Å². The Morgan fingerprint density at radius 3 is 2.33 bits per heavy atom. The molecule has 0 saturated heterocycles. The first-order valence-corrected chi connectivity index (χ1v) is 6.11. The summed E-state index contributed by atoms with van der Waals surface area (Å²) in [5, 5.41) is 13.0. The molecule has 1 unspecified atom stereocenters. The normalized spacial score (nSPS) is 11.6. The Bertz CT molecular complexity index is 529. The zero-order chi connectivity index (χ0) is 12.8. The van der Waals surface area contributed by atoms with Gasteiger partial charge in [-0.3, -0.25) is 0 Å². The second-order valence-corrected chi connectivity index (χ2v) is 4.41. The SMILES string of the molecule is N#CCC(Nc1ccccc1)c1ccc(Cl)cc1. The molecule has 0 spiro atoms. The summed E-state index contributed by atoms with van der Waals surface area (Å²) in [5.41, 5.74) is 2.07. The fourth-order valence-corrected chi connectivity index (χ4v) is 1.90. The molecule has 2 nitrogen and oxygen atoms in total. The highest BCUT2D eigenvalue weighted by Gasteiger charge is 2.10. The van der Waals surface area contributed by atoms with Gasteiger partial charge in [0.05, 0.1) is 18.5 Å². The van der Waals surface area contributed by atoms with Gasteiger partial charge >= 0.3 is 0 Å². The molecule has 3 heteroatoms. The molecule has 0 saturated carbocycles. The molecule has 0 bridgehead atoms. The Hall–Kier alpha value is -1.98. The fraction of sp³-hybridized carbons (Fsp3) is 0.133. The van der Waals surface area contributed by atoms with Gasteiger partial charge in [0, 0.05) is 10.7 Å². The first-order valence-electron chi connectivity index (χ1n) is 5.73. The minimum Gasteiger partial charge on any atom is -0.377 e. The lowest BCUT2D eigenvalue weighted by molar-refractivity contribution is 0.806. The Balaban J connectivity index is 2.18. The van der Waals surface area contributed by atoms with Gasteiger partial charge in [-0.2, -0.15) is 5.26 Å². The number of halogens is 1. The molecule has 0 radical (unpaired) electrons. The van der Waals surface area contributed by atoms with E-state index in [0.29, 0.717) is 11.4 Å². The van der Waals surface area contributed by atoms with E-state index in [-0.39, 0.29) is 6.04 Å². The van der Waals surface area contributed by atoms with Crippen LogP contribution in [0.4, 0.5) is 5.69 Å². The molecule has 0 aliphatic carbocycles. The topological polar surface area (TPSA) is 35.8 Å². The van der Waals surface area contributed by atoms with E-state index in [1.165, 1.54) is 0 Å². The average molecular weight is 257 g/mol. The van der Waals surface area contributed by atoms with Gasteiger partial charge in [-0.05, 0) is 29.8 Å². The van der Waals surface area contributed by atoms with Gasteiger partial charge in [0.1, 0.15) is 0 Å². The molecule has 0 fully saturated rings. The third-order valence-electron chi connectivity index (χ3n) is 2.68. The average Bonchev–Trinajstić information content (AvgIpc) is 2.40. The quantitative estimate of drug-likeness (QED) is 0.880. The monoisotopic (exact) mass is 256 g/mol. The Morgan fingerprint density at radius 2 is 1.72 bits per heavy atom. The van der Waals surface area contributed by atoms with Crippen molar-refractivity contribution in [2.75, 3.05) is 5.32 Å². The lowest BCUT2D eigenvalue weighted by Crippen LogP contribution is -2.09. The smallest absolute Gasteiger partial charge is 0.0647 e. The van der Waals surface area contributed by atoms with Crippen molar-refractivity contribution < 1.29 is 0 Å². The van der Waals surface area contributed by atoms with Crippen LogP contribution in [0.25, 0.3) is 0 Å². The van der Waals surface area contributed by atoms with Gasteiger partial charge in [0.2, 0.25) is 0 Å². The third-order valence-corrected chi connectivity index (χ3v) is 2.93. The van der Waals surface area contributed by atoms with Crippen molar-refractivity contribution in [1.29, 1.82) is 5.26 Å². The van der Waals surface area contributed by atoms with E-state index in [4.69, 9.17) is 16.9 Å². The highest BCUT2D eigenvalue weighted by atomic mass is 35.5. The second-order valence-electron chi connectivity index (χ2n) is 3.98. The molecule has 2 rings (SSSR count). The molecule has 1 N–H and O–H groups in total. The molecule has 0 aliphatic heterocycles. The minimum atomic E-state index is -0.0188. The maximum atomic E-state index is 8.91. The summed E-state index contributed by atoms with van der Waals surface area (Å²) in [4.78, 5) is 0. The van der Waals surface area contributed by atoms with Gasteiger partial charge in [0.15, 0.2) is 0 Å². The summed E-state index contributed by atoms with van der Waals surface area (Å²) >= 11 is 5.87. The van der Waals surface area contributed by atoms with Gasteiger partial charge in [-0.15, -0.1) is 0 Å². The van der Waals surface area contributed by atoms with Crippen molar-refractivity contribution in [1.82, 2.24) is 0 Å². The molecular formula is C15H13ClN2. The number of nitrogens with zero attached hydrogens (tertiary/aromatic N) is 1. The molecule has 0 aliphatic rings. The maximum absolute atomic E-state index is 8.91. The summed E-state index contributed by atoms with van der Waals surface area (Å²) in [6.07, 6.45) is 0.413. The third kappa shape index (κ3) is 3.26. The summed E-state index contributed by atoms with van der Waals surface area (Å²) in [5.74, 6) is 0. The van der Waals surface area contributed by atoms with Crippen LogP contribution in [-0.4, -0.2) is 0 Å². The van der Waals surface area contributed by atoms with Crippen molar-refractivity contribution in [3.05, 3.63) is 65.2 Å². The maximum Gasteiger partial charge on any atom is 0.0647 e. The molecule has 0 heterocycles. The van der Waals surface area contributed by atoms with Crippen molar-refractivity contribution in [2.24, 2.45) is 0 Å². The number of hydrogen-bond donors (Lipinski definition) is 1. The Labute approximate surface area is 112 Å². The van der Waals surface area contributed by atoms with E-state index in [0.717, 1.165) is 11.3 Å². The largest absolute Gasteiger partial charge is 0.377 e.